The minimum atomic E-state index is -0.863. The fourth-order valence-electron chi connectivity index (χ4n) is 1.82. The number of para-hydroxylation sites is 1. The number of benzene rings is 2. The Labute approximate surface area is 123 Å². The molecular weight excluding hydrogens is 266 g/mol. The molecule has 0 bridgehead atoms. The lowest BCUT2D eigenvalue weighted by molar-refractivity contribution is -0.123. The smallest absolute Gasteiger partial charge is 0.338 e. The van der Waals surface area contributed by atoms with Crippen molar-refractivity contribution >= 4 is 17.6 Å². The van der Waals surface area contributed by atoms with Gasteiger partial charge in [-0.1, -0.05) is 35.9 Å². The number of carbonyl (C=O) groups excluding carboxylic acids is 2. The Kier molecular flexibility index (Phi) is 4.72. The van der Waals surface area contributed by atoms with Crippen molar-refractivity contribution in [2.75, 3.05) is 5.32 Å². The largest absolute Gasteiger partial charge is 0.449 e. The fraction of sp³-hybridized carbons (Fsp3) is 0.176. The molecule has 0 aromatic heterocycles. The lowest BCUT2D eigenvalue weighted by Crippen LogP contribution is -2.30. The zero-order valence-electron chi connectivity index (χ0n) is 12.0. The Morgan fingerprint density at radius 2 is 1.76 bits per heavy atom. The molecule has 0 aliphatic rings. The highest BCUT2D eigenvalue weighted by Crippen LogP contribution is 2.10. The van der Waals surface area contributed by atoms with E-state index < -0.39 is 12.1 Å². The van der Waals surface area contributed by atoms with Crippen LogP contribution in [0.3, 0.4) is 0 Å². The molecule has 0 unspecified atom stereocenters. The van der Waals surface area contributed by atoms with Gasteiger partial charge in [-0.05, 0) is 38.1 Å². The molecule has 0 saturated carbocycles. The first kappa shape index (κ1) is 14.8. The molecule has 4 nitrogen and oxygen atoms in total. The van der Waals surface area contributed by atoms with Crippen LogP contribution in [-0.4, -0.2) is 18.0 Å². The van der Waals surface area contributed by atoms with Crippen LogP contribution in [0.2, 0.25) is 0 Å². The van der Waals surface area contributed by atoms with Crippen LogP contribution in [0, 0.1) is 6.92 Å². The molecule has 4 heteroatoms. The maximum Gasteiger partial charge on any atom is 0.338 e. The normalized spacial score (nSPS) is 11.5. The molecule has 0 fully saturated rings. The van der Waals surface area contributed by atoms with Crippen LogP contribution in [0.15, 0.2) is 54.6 Å². The minimum absolute atomic E-state index is 0.359. The maximum atomic E-state index is 12.0. The summed E-state index contributed by atoms with van der Waals surface area (Å²) in [4.78, 5) is 23.9. The number of nitrogens with one attached hydrogen (secondary N) is 1. The number of rotatable bonds is 4. The molecule has 0 spiro atoms. The topological polar surface area (TPSA) is 55.4 Å². The molecule has 2 rings (SSSR count). The highest BCUT2D eigenvalue weighted by molar-refractivity contribution is 5.97. The number of hydrogen-bond donors (Lipinski definition) is 1. The molecule has 2 aromatic carbocycles. The molecule has 2 aromatic rings. The summed E-state index contributed by atoms with van der Waals surface area (Å²) in [5.41, 5.74) is 2.07. The van der Waals surface area contributed by atoms with E-state index in [1.807, 2.05) is 31.2 Å². The van der Waals surface area contributed by atoms with E-state index in [1.165, 1.54) is 0 Å². The standard InChI is InChI=1S/C17H17NO3/c1-12-7-6-8-14(11-12)17(20)21-13(2)16(19)18-15-9-4-3-5-10-15/h3-11,13H,1-2H3,(H,18,19)/t13-/m0/s1. The number of carbonyl (C=O) groups is 2. The third-order valence-corrected chi connectivity index (χ3v) is 2.95. The van der Waals surface area contributed by atoms with Gasteiger partial charge in [0.1, 0.15) is 0 Å². The van der Waals surface area contributed by atoms with Gasteiger partial charge < -0.3 is 10.1 Å². The van der Waals surface area contributed by atoms with Crippen LogP contribution in [0.1, 0.15) is 22.8 Å². The third-order valence-electron chi connectivity index (χ3n) is 2.95. The number of amides is 1. The van der Waals surface area contributed by atoms with Crippen LogP contribution in [0.25, 0.3) is 0 Å². The van der Waals surface area contributed by atoms with Crippen LogP contribution in [-0.2, 0) is 9.53 Å². The molecule has 0 aliphatic carbocycles. The van der Waals surface area contributed by atoms with E-state index in [9.17, 15) is 9.59 Å². The van der Waals surface area contributed by atoms with Gasteiger partial charge >= 0.3 is 5.97 Å². The Hall–Kier alpha value is -2.62. The van der Waals surface area contributed by atoms with E-state index in [1.54, 1.807) is 37.3 Å². The number of aryl methyl sites for hydroxylation is 1. The van der Waals surface area contributed by atoms with E-state index >= 15 is 0 Å². The molecular formula is C17H17NO3. The maximum absolute atomic E-state index is 12.0. The second-order valence-corrected chi connectivity index (χ2v) is 4.77. The van der Waals surface area contributed by atoms with Crippen molar-refractivity contribution in [3.05, 3.63) is 65.7 Å². The van der Waals surface area contributed by atoms with E-state index in [2.05, 4.69) is 5.32 Å². The highest BCUT2D eigenvalue weighted by Gasteiger charge is 2.18. The van der Waals surface area contributed by atoms with Crippen LogP contribution < -0.4 is 5.32 Å². The summed E-state index contributed by atoms with van der Waals surface area (Å²) in [7, 11) is 0. The summed E-state index contributed by atoms with van der Waals surface area (Å²) in [6.45, 7) is 3.44. The zero-order chi connectivity index (χ0) is 15.2. The Bertz CT molecular complexity index is 637. The van der Waals surface area contributed by atoms with Gasteiger partial charge in [-0.25, -0.2) is 4.79 Å². The van der Waals surface area contributed by atoms with E-state index in [0.29, 0.717) is 11.3 Å². The van der Waals surface area contributed by atoms with Gasteiger partial charge in [0.05, 0.1) is 5.56 Å². The van der Waals surface area contributed by atoms with Crippen LogP contribution in [0.4, 0.5) is 5.69 Å². The first-order chi connectivity index (χ1) is 10.1. The summed E-state index contributed by atoms with van der Waals surface area (Å²) >= 11 is 0. The van der Waals surface area contributed by atoms with Gasteiger partial charge in [0.25, 0.3) is 5.91 Å². The number of esters is 1. The first-order valence-electron chi connectivity index (χ1n) is 6.70. The average Bonchev–Trinajstić information content (AvgIpc) is 2.48. The Morgan fingerprint density at radius 3 is 2.43 bits per heavy atom. The SMILES string of the molecule is Cc1cccc(C(=O)O[C@@H](C)C(=O)Nc2ccccc2)c1. The minimum Gasteiger partial charge on any atom is -0.449 e. The van der Waals surface area contributed by atoms with E-state index in [4.69, 9.17) is 4.74 Å². The van der Waals surface area contributed by atoms with Crippen molar-refractivity contribution in [2.24, 2.45) is 0 Å². The molecule has 1 N–H and O–H groups in total. The number of anilines is 1. The Morgan fingerprint density at radius 1 is 1.05 bits per heavy atom. The van der Waals surface area contributed by atoms with Gasteiger partial charge in [-0.3, -0.25) is 4.79 Å². The first-order valence-corrected chi connectivity index (χ1v) is 6.70. The predicted octanol–water partition coefficient (Wildman–Crippen LogP) is 3.18. The quantitative estimate of drug-likeness (QED) is 0.877. The summed E-state index contributed by atoms with van der Waals surface area (Å²) in [5, 5.41) is 2.69. The van der Waals surface area contributed by atoms with E-state index in [-0.39, 0.29) is 5.91 Å². The number of ether oxygens (including phenoxy) is 1. The highest BCUT2D eigenvalue weighted by atomic mass is 16.5. The average molecular weight is 283 g/mol. The molecule has 1 amide bonds. The predicted molar refractivity (Wildman–Crippen MR) is 81.1 cm³/mol. The number of hydrogen-bond acceptors (Lipinski definition) is 3. The van der Waals surface area contributed by atoms with Crippen LogP contribution >= 0.6 is 0 Å². The second kappa shape index (κ2) is 6.70. The van der Waals surface area contributed by atoms with Crippen molar-refractivity contribution in [3.8, 4) is 0 Å². The van der Waals surface area contributed by atoms with Gasteiger partial charge in [0.15, 0.2) is 6.10 Å². The van der Waals surface area contributed by atoms with Gasteiger partial charge in [-0.15, -0.1) is 0 Å². The van der Waals surface area contributed by atoms with Crippen molar-refractivity contribution < 1.29 is 14.3 Å². The van der Waals surface area contributed by atoms with Crippen molar-refractivity contribution in [3.63, 3.8) is 0 Å². The van der Waals surface area contributed by atoms with Gasteiger partial charge in [-0.2, -0.15) is 0 Å². The zero-order valence-corrected chi connectivity index (χ0v) is 12.0. The van der Waals surface area contributed by atoms with E-state index in [0.717, 1.165) is 5.56 Å². The summed E-state index contributed by atoms with van der Waals surface area (Å²) < 4.78 is 5.17. The molecule has 0 aliphatic heterocycles. The summed E-state index contributed by atoms with van der Waals surface area (Å²) in [6.07, 6.45) is -0.863. The molecule has 21 heavy (non-hydrogen) atoms. The molecule has 1 atom stereocenters. The lowest BCUT2D eigenvalue weighted by atomic mass is 10.1. The monoisotopic (exact) mass is 283 g/mol. The molecule has 0 heterocycles. The summed E-state index contributed by atoms with van der Waals surface area (Å²) in [5.74, 6) is -0.864. The van der Waals surface area contributed by atoms with Crippen molar-refractivity contribution in [1.29, 1.82) is 0 Å². The molecule has 108 valence electrons. The lowest BCUT2D eigenvalue weighted by Gasteiger charge is -2.13. The molecule has 0 radical (unpaired) electrons. The summed E-state index contributed by atoms with van der Waals surface area (Å²) in [6, 6.07) is 16.1. The van der Waals surface area contributed by atoms with Crippen molar-refractivity contribution in [1.82, 2.24) is 0 Å². The second-order valence-electron chi connectivity index (χ2n) is 4.77. The molecule has 0 saturated heterocycles. The third kappa shape index (κ3) is 4.18. The van der Waals surface area contributed by atoms with Gasteiger partial charge in [0.2, 0.25) is 0 Å². The van der Waals surface area contributed by atoms with Gasteiger partial charge in [0, 0.05) is 5.69 Å². The Balaban J connectivity index is 1.96. The fourth-order valence-corrected chi connectivity index (χ4v) is 1.82. The van der Waals surface area contributed by atoms with Crippen molar-refractivity contribution in [2.45, 2.75) is 20.0 Å². The van der Waals surface area contributed by atoms with Crippen LogP contribution in [0.5, 0.6) is 0 Å².